The Morgan fingerprint density at radius 3 is 3.08 bits per heavy atom. The molecule has 2 aliphatic heterocycles. The van der Waals surface area contributed by atoms with E-state index in [0.29, 0.717) is 6.10 Å². The van der Waals surface area contributed by atoms with Gasteiger partial charge in [-0.3, -0.25) is 4.90 Å². The lowest BCUT2D eigenvalue weighted by Gasteiger charge is -2.31. The Balaban J connectivity index is 1.18. The number of hydrogen-bond acceptors (Lipinski definition) is 5. The molecular formula is C20H23N3O2S. The van der Waals surface area contributed by atoms with E-state index in [-0.39, 0.29) is 0 Å². The van der Waals surface area contributed by atoms with Crippen LogP contribution in [0.15, 0.2) is 30.5 Å². The van der Waals surface area contributed by atoms with Gasteiger partial charge in [-0.1, -0.05) is 6.07 Å². The van der Waals surface area contributed by atoms with Crippen molar-refractivity contribution in [2.24, 2.45) is 0 Å². The number of aromatic amines is 1. The summed E-state index contributed by atoms with van der Waals surface area (Å²) in [6, 6.07) is 8.30. The Morgan fingerprint density at radius 1 is 1.27 bits per heavy atom. The molecule has 0 bridgehead atoms. The van der Waals surface area contributed by atoms with E-state index in [0.717, 1.165) is 63.4 Å². The van der Waals surface area contributed by atoms with Crippen molar-refractivity contribution in [1.29, 1.82) is 0 Å². The van der Waals surface area contributed by atoms with Gasteiger partial charge in [-0.15, -0.1) is 11.3 Å². The number of fused-ring (bicyclic) bond motifs is 2. The maximum atomic E-state index is 6.32. The molecule has 0 saturated carbocycles. The summed E-state index contributed by atoms with van der Waals surface area (Å²) in [5.74, 6) is 0.995. The maximum absolute atomic E-state index is 6.32. The van der Waals surface area contributed by atoms with Gasteiger partial charge in [0.25, 0.3) is 0 Å². The molecule has 6 heteroatoms. The molecule has 0 aliphatic carbocycles. The zero-order chi connectivity index (χ0) is 17.3. The third-order valence-electron chi connectivity index (χ3n) is 5.28. The minimum Gasteiger partial charge on any atom is -0.490 e. The normalized spacial score (nSPS) is 18.9. The predicted molar refractivity (Wildman–Crippen MR) is 103 cm³/mol. The Bertz CT molecular complexity index is 872. The number of thiazole rings is 1. The van der Waals surface area contributed by atoms with Crippen LogP contribution < -0.4 is 4.74 Å². The number of likely N-dealkylation sites (tertiary alicyclic amines) is 1. The average Bonchev–Trinajstić information content (AvgIpc) is 3.30. The van der Waals surface area contributed by atoms with Gasteiger partial charge in [0, 0.05) is 36.6 Å². The second-order valence-electron chi connectivity index (χ2n) is 7.07. The van der Waals surface area contributed by atoms with E-state index < -0.39 is 0 Å². The number of nitrogens with zero attached hydrogens (tertiary/aromatic N) is 2. The molecule has 3 aromatic rings. The third kappa shape index (κ3) is 3.24. The van der Waals surface area contributed by atoms with Crippen LogP contribution in [-0.4, -0.2) is 40.7 Å². The smallest absolute Gasteiger partial charge is 0.129 e. The quantitative estimate of drug-likeness (QED) is 0.761. The van der Waals surface area contributed by atoms with Crippen LogP contribution >= 0.6 is 11.3 Å². The summed E-state index contributed by atoms with van der Waals surface area (Å²) in [5.41, 5.74) is 2.39. The summed E-state index contributed by atoms with van der Waals surface area (Å²) < 4.78 is 11.8. The number of benzene rings is 1. The van der Waals surface area contributed by atoms with Gasteiger partial charge in [-0.2, -0.15) is 0 Å². The summed E-state index contributed by atoms with van der Waals surface area (Å²) in [7, 11) is 0. The highest BCUT2D eigenvalue weighted by Gasteiger charge is 2.23. The lowest BCUT2D eigenvalue weighted by molar-refractivity contribution is 0.0978. The molecule has 136 valence electrons. The summed E-state index contributed by atoms with van der Waals surface area (Å²) in [6.45, 7) is 4.64. The number of aromatic nitrogens is 2. The maximum Gasteiger partial charge on any atom is 0.129 e. The monoisotopic (exact) mass is 369 g/mol. The van der Waals surface area contributed by atoms with Crippen molar-refractivity contribution >= 4 is 22.2 Å². The van der Waals surface area contributed by atoms with Crippen molar-refractivity contribution in [1.82, 2.24) is 14.9 Å². The zero-order valence-corrected chi connectivity index (χ0v) is 15.6. The predicted octanol–water partition coefficient (Wildman–Crippen LogP) is 3.74. The van der Waals surface area contributed by atoms with Crippen LogP contribution in [0.3, 0.4) is 0 Å². The Morgan fingerprint density at radius 2 is 2.19 bits per heavy atom. The molecule has 0 atom stereocenters. The molecule has 1 fully saturated rings. The standard InChI is InChI=1S/C20H23N3O2S/c1-2-16-15(4-8-21-16)18(3-1)25-14-5-9-23(10-6-14)12-20-22-17-7-11-24-13-19(17)26-20/h1-4,8,14,21H,5-7,9-13H2. The number of hydrogen-bond donors (Lipinski definition) is 1. The van der Waals surface area contributed by atoms with Crippen LogP contribution in [0.25, 0.3) is 10.9 Å². The highest BCUT2D eigenvalue weighted by Crippen LogP contribution is 2.29. The minimum atomic E-state index is 0.296. The molecule has 26 heavy (non-hydrogen) atoms. The number of nitrogens with one attached hydrogen (secondary N) is 1. The fourth-order valence-corrected chi connectivity index (χ4v) is 4.96. The van der Waals surface area contributed by atoms with Crippen molar-refractivity contribution in [3.05, 3.63) is 46.0 Å². The van der Waals surface area contributed by atoms with Crippen LogP contribution in [0.5, 0.6) is 5.75 Å². The van der Waals surface area contributed by atoms with Gasteiger partial charge in [-0.25, -0.2) is 4.98 Å². The van der Waals surface area contributed by atoms with Crippen LogP contribution in [0.1, 0.15) is 28.4 Å². The van der Waals surface area contributed by atoms with Crippen molar-refractivity contribution in [3.63, 3.8) is 0 Å². The van der Waals surface area contributed by atoms with Gasteiger partial charge in [-0.05, 0) is 31.0 Å². The van der Waals surface area contributed by atoms with Crippen LogP contribution in [0.2, 0.25) is 0 Å². The largest absolute Gasteiger partial charge is 0.490 e. The first kappa shape index (κ1) is 16.3. The van der Waals surface area contributed by atoms with Crippen molar-refractivity contribution in [2.75, 3.05) is 19.7 Å². The minimum absolute atomic E-state index is 0.296. The molecule has 2 aliphatic rings. The number of rotatable bonds is 4. The van der Waals surface area contributed by atoms with Gasteiger partial charge in [0.05, 0.1) is 30.3 Å². The van der Waals surface area contributed by atoms with E-state index in [1.54, 1.807) is 0 Å². The number of piperidine rings is 1. The molecule has 0 spiro atoms. The van der Waals surface area contributed by atoms with E-state index in [2.05, 4.69) is 34.1 Å². The molecule has 0 amide bonds. The summed E-state index contributed by atoms with van der Waals surface area (Å²) in [6.07, 6.45) is 5.36. The van der Waals surface area contributed by atoms with E-state index >= 15 is 0 Å². The van der Waals surface area contributed by atoms with Gasteiger partial charge in [0.15, 0.2) is 0 Å². The highest BCUT2D eigenvalue weighted by atomic mass is 32.1. The molecule has 1 N–H and O–H groups in total. The lowest BCUT2D eigenvalue weighted by Crippen LogP contribution is -2.37. The zero-order valence-electron chi connectivity index (χ0n) is 14.7. The van der Waals surface area contributed by atoms with Gasteiger partial charge < -0.3 is 14.5 Å². The molecule has 5 nitrogen and oxygen atoms in total. The van der Waals surface area contributed by atoms with E-state index in [1.165, 1.54) is 21.0 Å². The van der Waals surface area contributed by atoms with Crippen LogP contribution in [0.4, 0.5) is 0 Å². The lowest BCUT2D eigenvalue weighted by atomic mass is 10.1. The van der Waals surface area contributed by atoms with E-state index in [9.17, 15) is 0 Å². The Kier molecular flexibility index (Phi) is 4.40. The van der Waals surface area contributed by atoms with E-state index in [1.807, 2.05) is 17.5 Å². The van der Waals surface area contributed by atoms with Gasteiger partial charge >= 0.3 is 0 Å². The van der Waals surface area contributed by atoms with Crippen LogP contribution in [-0.2, 0) is 24.3 Å². The van der Waals surface area contributed by atoms with Crippen molar-refractivity contribution in [2.45, 2.75) is 38.5 Å². The molecule has 0 radical (unpaired) electrons. The Labute approximate surface area is 156 Å². The first-order valence-electron chi connectivity index (χ1n) is 9.35. The first-order chi connectivity index (χ1) is 12.8. The molecule has 5 rings (SSSR count). The fourth-order valence-electron chi connectivity index (χ4n) is 3.86. The number of H-pyrrole nitrogens is 1. The van der Waals surface area contributed by atoms with Crippen molar-refractivity contribution in [3.8, 4) is 5.75 Å². The van der Waals surface area contributed by atoms with E-state index in [4.69, 9.17) is 14.5 Å². The molecule has 4 heterocycles. The Hall–Kier alpha value is -1.89. The second kappa shape index (κ2) is 7.02. The summed E-state index contributed by atoms with van der Waals surface area (Å²) in [5, 5.41) is 2.41. The van der Waals surface area contributed by atoms with Gasteiger partial charge in [0.1, 0.15) is 16.9 Å². The van der Waals surface area contributed by atoms with Gasteiger partial charge in [0.2, 0.25) is 0 Å². The van der Waals surface area contributed by atoms with Crippen LogP contribution in [0, 0.1) is 0 Å². The summed E-state index contributed by atoms with van der Waals surface area (Å²) in [4.78, 5) is 11.9. The highest BCUT2D eigenvalue weighted by molar-refractivity contribution is 7.11. The fraction of sp³-hybridized carbons (Fsp3) is 0.450. The van der Waals surface area contributed by atoms with Crippen molar-refractivity contribution < 1.29 is 9.47 Å². The molecule has 1 aromatic carbocycles. The SMILES string of the molecule is c1cc(OC2CCN(Cc3nc4c(s3)COCC4)CC2)c2cc[nH]c2c1. The third-order valence-corrected chi connectivity index (χ3v) is 6.34. The molecule has 1 saturated heterocycles. The molecular weight excluding hydrogens is 346 g/mol. The molecule has 2 aromatic heterocycles. The topological polar surface area (TPSA) is 50.4 Å². The average molecular weight is 369 g/mol. The summed E-state index contributed by atoms with van der Waals surface area (Å²) >= 11 is 1.82. The second-order valence-corrected chi connectivity index (χ2v) is 8.24. The number of ether oxygens (including phenoxy) is 2. The molecule has 0 unspecified atom stereocenters. The first-order valence-corrected chi connectivity index (χ1v) is 10.2.